The zero-order chi connectivity index (χ0) is 8.97. The molecule has 0 fully saturated rings. The number of rotatable bonds is 3. The van der Waals surface area contributed by atoms with Gasteiger partial charge in [0.25, 0.3) is 0 Å². The van der Waals surface area contributed by atoms with Crippen LogP contribution in [0.5, 0.6) is 0 Å². The SMILES string of the molecule is CONCc1ccc(C)c(F)c1. The molecule has 0 aliphatic rings. The first kappa shape index (κ1) is 9.16. The number of hydroxylamine groups is 1. The van der Waals surface area contributed by atoms with Gasteiger partial charge in [-0.05, 0) is 24.1 Å². The molecule has 1 N–H and O–H groups in total. The van der Waals surface area contributed by atoms with Crippen LogP contribution in [0.2, 0.25) is 0 Å². The number of nitrogens with one attached hydrogen (secondary N) is 1. The minimum Gasteiger partial charge on any atom is -0.305 e. The van der Waals surface area contributed by atoms with Crippen LogP contribution in [0.15, 0.2) is 18.2 Å². The molecule has 0 heterocycles. The van der Waals surface area contributed by atoms with E-state index in [1.165, 1.54) is 13.2 Å². The highest BCUT2D eigenvalue weighted by Crippen LogP contribution is 2.08. The van der Waals surface area contributed by atoms with Crippen LogP contribution in [0, 0.1) is 12.7 Å². The molecule has 12 heavy (non-hydrogen) atoms. The number of benzene rings is 1. The Morgan fingerprint density at radius 1 is 1.50 bits per heavy atom. The normalized spacial score (nSPS) is 10.2. The molecule has 0 aliphatic heterocycles. The molecular weight excluding hydrogens is 157 g/mol. The van der Waals surface area contributed by atoms with E-state index >= 15 is 0 Å². The average molecular weight is 169 g/mol. The molecule has 0 saturated carbocycles. The van der Waals surface area contributed by atoms with Crippen LogP contribution in [0.3, 0.4) is 0 Å². The number of aryl methyl sites for hydroxylation is 1. The minimum atomic E-state index is -0.176. The molecular formula is C9H12FNO. The molecule has 2 nitrogen and oxygen atoms in total. The maximum Gasteiger partial charge on any atom is 0.126 e. The molecule has 0 aliphatic carbocycles. The standard InChI is InChI=1S/C9H12FNO/c1-7-3-4-8(5-9(7)10)6-11-12-2/h3-5,11H,6H2,1-2H3. The van der Waals surface area contributed by atoms with Crippen molar-refractivity contribution in [1.82, 2.24) is 5.48 Å². The van der Waals surface area contributed by atoms with Crippen LogP contribution in [-0.4, -0.2) is 7.11 Å². The molecule has 0 saturated heterocycles. The van der Waals surface area contributed by atoms with Gasteiger partial charge in [-0.2, -0.15) is 5.48 Å². The second-order valence-corrected chi connectivity index (χ2v) is 2.61. The van der Waals surface area contributed by atoms with Crippen LogP contribution in [0.1, 0.15) is 11.1 Å². The van der Waals surface area contributed by atoms with Crippen LogP contribution in [0.25, 0.3) is 0 Å². The Morgan fingerprint density at radius 2 is 2.25 bits per heavy atom. The Balaban J connectivity index is 2.69. The predicted molar refractivity (Wildman–Crippen MR) is 45.0 cm³/mol. The van der Waals surface area contributed by atoms with Gasteiger partial charge in [-0.25, -0.2) is 4.39 Å². The summed E-state index contributed by atoms with van der Waals surface area (Å²) in [6, 6.07) is 5.12. The Morgan fingerprint density at radius 3 is 2.83 bits per heavy atom. The number of hydrogen-bond acceptors (Lipinski definition) is 2. The highest BCUT2D eigenvalue weighted by Gasteiger charge is 1.97. The van der Waals surface area contributed by atoms with Crippen molar-refractivity contribution >= 4 is 0 Å². The monoisotopic (exact) mass is 169 g/mol. The largest absolute Gasteiger partial charge is 0.305 e. The van der Waals surface area contributed by atoms with Gasteiger partial charge >= 0.3 is 0 Å². The predicted octanol–water partition coefficient (Wildman–Crippen LogP) is 1.79. The zero-order valence-electron chi connectivity index (χ0n) is 7.23. The molecule has 0 spiro atoms. The molecule has 1 aromatic carbocycles. The third-order valence-electron chi connectivity index (χ3n) is 1.66. The van der Waals surface area contributed by atoms with Gasteiger partial charge in [-0.1, -0.05) is 12.1 Å². The van der Waals surface area contributed by atoms with Crippen molar-refractivity contribution in [2.24, 2.45) is 0 Å². The summed E-state index contributed by atoms with van der Waals surface area (Å²) < 4.78 is 12.9. The summed E-state index contributed by atoms with van der Waals surface area (Å²) in [4.78, 5) is 4.64. The molecule has 1 rings (SSSR count). The zero-order valence-corrected chi connectivity index (χ0v) is 7.23. The van der Waals surface area contributed by atoms with Crippen molar-refractivity contribution in [3.63, 3.8) is 0 Å². The summed E-state index contributed by atoms with van der Waals surface area (Å²) in [7, 11) is 1.53. The van der Waals surface area contributed by atoms with E-state index in [0.717, 1.165) is 5.56 Å². The topological polar surface area (TPSA) is 21.3 Å². The molecule has 0 radical (unpaired) electrons. The molecule has 0 aromatic heterocycles. The summed E-state index contributed by atoms with van der Waals surface area (Å²) in [5.74, 6) is -0.176. The molecule has 0 atom stereocenters. The first-order valence-electron chi connectivity index (χ1n) is 3.75. The maximum absolute atomic E-state index is 12.9. The summed E-state index contributed by atoms with van der Waals surface area (Å²) in [5.41, 5.74) is 4.18. The fraction of sp³-hybridized carbons (Fsp3) is 0.333. The van der Waals surface area contributed by atoms with E-state index in [9.17, 15) is 4.39 Å². The molecule has 66 valence electrons. The first-order chi connectivity index (χ1) is 5.74. The van der Waals surface area contributed by atoms with E-state index < -0.39 is 0 Å². The van der Waals surface area contributed by atoms with Gasteiger partial charge in [0.1, 0.15) is 5.82 Å². The van der Waals surface area contributed by atoms with Crippen molar-refractivity contribution in [2.45, 2.75) is 13.5 Å². The lowest BCUT2D eigenvalue weighted by Gasteiger charge is -2.03. The molecule has 0 amide bonds. The third-order valence-corrected chi connectivity index (χ3v) is 1.66. The molecule has 0 bridgehead atoms. The summed E-state index contributed by atoms with van der Waals surface area (Å²) >= 11 is 0. The lowest BCUT2D eigenvalue weighted by atomic mass is 10.1. The van der Waals surface area contributed by atoms with Gasteiger partial charge in [0.15, 0.2) is 0 Å². The lowest BCUT2D eigenvalue weighted by molar-refractivity contribution is 0.0866. The van der Waals surface area contributed by atoms with Crippen molar-refractivity contribution in [2.75, 3.05) is 7.11 Å². The smallest absolute Gasteiger partial charge is 0.126 e. The van der Waals surface area contributed by atoms with Gasteiger partial charge in [0.2, 0.25) is 0 Å². The number of halogens is 1. The maximum atomic E-state index is 12.9. The summed E-state index contributed by atoms with van der Waals surface area (Å²) in [5, 5.41) is 0. The Kier molecular flexibility index (Phi) is 3.19. The molecule has 0 unspecified atom stereocenters. The summed E-state index contributed by atoms with van der Waals surface area (Å²) in [6.07, 6.45) is 0. The Labute approximate surface area is 71.3 Å². The number of hydrogen-bond donors (Lipinski definition) is 1. The highest BCUT2D eigenvalue weighted by atomic mass is 19.1. The van der Waals surface area contributed by atoms with Crippen molar-refractivity contribution in [3.05, 3.63) is 35.1 Å². The third kappa shape index (κ3) is 2.29. The van der Waals surface area contributed by atoms with E-state index in [1.807, 2.05) is 6.07 Å². The molecule has 3 heteroatoms. The molecule has 1 aromatic rings. The van der Waals surface area contributed by atoms with Crippen LogP contribution < -0.4 is 5.48 Å². The lowest BCUT2D eigenvalue weighted by Crippen LogP contribution is -2.10. The van der Waals surface area contributed by atoms with E-state index in [0.29, 0.717) is 12.1 Å². The van der Waals surface area contributed by atoms with E-state index in [1.54, 1.807) is 13.0 Å². The van der Waals surface area contributed by atoms with Gasteiger partial charge in [0.05, 0.1) is 7.11 Å². The first-order valence-corrected chi connectivity index (χ1v) is 3.75. The van der Waals surface area contributed by atoms with Gasteiger partial charge in [0, 0.05) is 6.54 Å². The summed E-state index contributed by atoms with van der Waals surface area (Å²) in [6.45, 7) is 2.26. The second kappa shape index (κ2) is 4.18. The van der Waals surface area contributed by atoms with Crippen molar-refractivity contribution in [1.29, 1.82) is 0 Å². The fourth-order valence-corrected chi connectivity index (χ4v) is 0.902. The Hall–Kier alpha value is -0.930. The van der Waals surface area contributed by atoms with Crippen LogP contribution in [-0.2, 0) is 11.4 Å². The van der Waals surface area contributed by atoms with Crippen molar-refractivity contribution in [3.8, 4) is 0 Å². The van der Waals surface area contributed by atoms with E-state index in [-0.39, 0.29) is 5.82 Å². The Bertz CT molecular complexity index is 263. The van der Waals surface area contributed by atoms with Gasteiger partial charge in [-0.3, -0.25) is 0 Å². The quantitative estimate of drug-likeness (QED) is 0.696. The second-order valence-electron chi connectivity index (χ2n) is 2.61. The van der Waals surface area contributed by atoms with E-state index in [4.69, 9.17) is 0 Å². The van der Waals surface area contributed by atoms with Gasteiger partial charge in [-0.15, -0.1) is 0 Å². The van der Waals surface area contributed by atoms with Gasteiger partial charge < -0.3 is 4.84 Å². The van der Waals surface area contributed by atoms with Crippen LogP contribution >= 0.6 is 0 Å². The van der Waals surface area contributed by atoms with Crippen molar-refractivity contribution < 1.29 is 9.23 Å². The average Bonchev–Trinajstić information content (AvgIpc) is 2.07. The highest BCUT2D eigenvalue weighted by molar-refractivity contribution is 5.22. The van der Waals surface area contributed by atoms with Crippen LogP contribution in [0.4, 0.5) is 4.39 Å². The fourth-order valence-electron chi connectivity index (χ4n) is 0.902. The minimum absolute atomic E-state index is 0.176. The van der Waals surface area contributed by atoms with E-state index in [2.05, 4.69) is 10.3 Å².